The number of fused-ring (bicyclic) bond motifs is 6. The molecule has 3 aliphatic heterocycles. The molecule has 0 fully saturated rings. The van der Waals surface area contributed by atoms with E-state index in [9.17, 15) is 4.79 Å². The molecule has 3 aromatic carbocycles. The molecule has 3 aromatic rings. The van der Waals surface area contributed by atoms with Crippen molar-refractivity contribution in [2.75, 3.05) is 5.32 Å². The number of hydrogen-bond donors (Lipinski definition) is 1. The fourth-order valence-electron chi connectivity index (χ4n) is 4.52. The Morgan fingerprint density at radius 1 is 1.13 bits per heavy atom. The highest BCUT2D eigenvalue weighted by Gasteiger charge is 2.60. The lowest BCUT2D eigenvalue weighted by molar-refractivity contribution is -0.161. The van der Waals surface area contributed by atoms with E-state index in [2.05, 4.69) is 21.2 Å². The number of hydrogen-bond acceptors (Lipinski definition) is 4. The number of ether oxygens (including phenoxy) is 1. The zero-order valence-corrected chi connectivity index (χ0v) is 17.9. The molecule has 0 bridgehead atoms. The number of anilines is 1. The second kappa shape index (κ2) is 6.33. The predicted molar refractivity (Wildman–Crippen MR) is 119 cm³/mol. The summed E-state index contributed by atoms with van der Waals surface area (Å²) in [7, 11) is 0. The predicted octanol–water partition coefficient (Wildman–Crippen LogP) is 5.45. The average Bonchev–Trinajstić information content (AvgIpc) is 3.30. The first kappa shape index (κ1) is 18.0. The number of carbonyl (C=O) groups excluding carboxylic acids is 1. The summed E-state index contributed by atoms with van der Waals surface area (Å²) in [6, 6.07) is 21.0. The average molecular weight is 481 g/mol. The van der Waals surface area contributed by atoms with Crippen molar-refractivity contribution in [3.63, 3.8) is 0 Å². The number of nitrogens with one attached hydrogen (secondary N) is 1. The molecule has 1 spiro atoms. The van der Waals surface area contributed by atoms with Crippen molar-refractivity contribution in [3.8, 4) is 5.75 Å². The van der Waals surface area contributed by atoms with Crippen LogP contribution in [0.1, 0.15) is 29.2 Å². The summed E-state index contributed by atoms with van der Waals surface area (Å²) in [5.74, 6) is 0.441. The van der Waals surface area contributed by atoms with Crippen molar-refractivity contribution in [1.29, 1.82) is 0 Å². The van der Waals surface area contributed by atoms with Gasteiger partial charge in [-0.25, -0.2) is 5.01 Å². The minimum Gasteiger partial charge on any atom is -0.453 e. The van der Waals surface area contributed by atoms with Crippen LogP contribution in [-0.4, -0.2) is 16.6 Å². The van der Waals surface area contributed by atoms with Crippen LogP contribution in [0.2, 0.25) is 5.02 Å². The summed E-state index contributed by atoms with van der Waals surface area (Å²) >= 11 is 10.00. The Balaban J connectivity index is 1.60. The first-order valence-electron chi connectivity index (χ1n) is 9.59. The Morgan fingerprint density at radius 3 is 2.80 bits per heavy atom. The molecule has 0 aliphatic carbocycles. The van der Waals surface area contributed by atoms with Gasteiger partial charge in [-0.2, -0.15) is 5.10 Å². The van der Waals surface area contributed by atoms with Crippen molar-refractivity contribution >= 4 is 44.8 Å². The molecular weight excluding hydrogens is 466 g/mol. The van der Waals surface area contributed by atoms with E-state index in [0.29, 0.717) is 17.2 Å². The minimum atomic E-state index is -1.37. The van der Waals surface area contributed by atoms with E-state index in [1.54, 1.807) is 0 Å². The lowest BCUT2D eigenvalue weighted by Crippen LogP contribution is -2.55. The van der Waals surface area contributed by atoms with Crippen molar-refractivity contribution in [1.82, 2.24) is 5.01 Å². The number of rotatable bonds is 1. The Labute approximate surface area is 186 Å². The van der Waals surface area contributed by atoms with E-state index >= 15 is 0 Å². The van der Waals surface area contributed by atoms with Crippen molar-refractivity contribution in [2.24, 2.45) is 5.10 Å². The third-order valence-corrected chi connectivity index (χ3v) is 6.68. The van der Waals surface area contributed by atoms with Crippen LogP contribution in [0.15, 0.2) is 76.3 Å². The number of benzene rings is 3. The number of amides is 1. The summed E-state index contributed by atoms with van der Waals surface area (Å²) in [6.45, 7) is 0. The minimum absolute atomic E-state index is 0.142. The zero-order chi connectivity index (χ0) is 20.5. The monoisotopic (exact) mass is 479 g/mol. The van der Waals surface area contributed by atoms with E-state index in [1.807, 2.05) is 71.7 Å². The van der Waals surface area contributed by atoms with Gasteiger partial charge < -0.3 is 10.1 Å². The van der Waals surface area contributed by atoms with Crippen LogP contribution >= 0.6 is 27.5 Å². The van der Waals surface area contributed by atoms with Gasteiger partial charge in [-0.05, 0) is 30.3 Å². The van der Waals surface area contributed by atoms with Gasteiger partial charge >= 0.3 is 5.72 Å². The third kappa shape index (κ3) is 2.35. The highest BCUT2D eigenvalue weighted by atomic mass is 79.9. The molecule has 0 saturated carbocycles. The van der Waals surface area contributed by atoms with Gasteiger partial charge in [0.25, 0.3) is 5.91 Å². The molecule has 5 nitrogen and oxygen atoms in total. The van der Waals surface area contributed by atoms with Crippen LogP contribution in [-0.2, 0) is 10.5 Å². The first-order chi connectivity index (χ1) is 14.6. The molecule has 0 unspecified atom stereocenters. The van der Waals surface area contributed by atoms with Crippen molar-refractivity contribution in [3.05, 3.63) is 92.9 Å². The van der Waals surface area contributed by atoms with E-state index in [0.717, 1.165) is 32.6 Å². The third-order valence-electron chi connectivity index (χ3n) is 5.86. The lowest BCUT2D eigenvalue weighted by atomic mass is 9.92. The first-order valence-corrected chi connectivity index (χ1v) is 10.8. The van der Waals surface area contributed by atoms with Crippen molar-refractivity contribution in [2.45, 2.75) is 18.2 Å². The molecule has 6 rings (SSSR count). The summed E-state index contributed by atoms with van der Waals surface area (Å²) in [4.78, 5) is 13.4. The second-order valence-corrected chi connectivity index (χ2v) is 8.84. The number of halogens is 2. The molecule has 0 aromatic heterocycles. The standard InChI is InChI=1S/C23H15BrClN3O2/c24-13-9-10-18-16(11-13)23(22(29)26-18)28-20(15-6-2-4-8-21(15)30-23)12-19(27-28)14-5-1-3-7-17(14)25/h1-11,20H,12H2,(H,26,29)/t20-,23-/m1/s1. The number of hydrazone groups is 1. The maximum atomic E-state index is 13.4. The van der Waals surface area contributed by atoms with E-state index < -0.39 is 5.72 Å². The van der Waals surface area contributed by atoms with Gasteiger partial charge in [-0.3, -0.25) is 4.79 Å². The molecule has 0 saturated heterocycles. The van der Waals surface area contributed by atoms with Gasteiger partial charge in [-0.15, -0.1) is 0 Å². The molecule has 2 atom stereocenters. The lowest BCUT2D eigenvalue weighted by Gasteiger charge is -2.44. The van der Waals surface area contributed by atoms with Gasteiger partial charge in [0.05, 0.1) is 23.0 Å². The summed E-state index contributed by atoms with van der Waals surface area (Å²) in [5, 5.41) is 10.3. The van der Waals surface area contributed by atoms with Crippen LogP contribution in [0.4, 0.5) is 5.69 Å². The summed E-state index contributed by atoms with van der Waals surface area (Å²) < 4.78 is 7.32. The molecular formula is C23H15BrClN3O2. The number of carbonyl (C=O) groups is 1. The highest BCUT2D eigenvalue weighted by molar-refractivity contribution is 9.10. The molecule has 1 amide bonds. The van der Waals surface area contributed by atoms with E-state index in [1.165, 1.54) is 0 Å². The van der Waals surface area contributed by atoms with Crippen LogP contribution in [0.3, 0.4) is 0 Å². The number of nitrogens with zero attached hydrogens (tertiary/aromatic N) is 2. The Kier molecular flexibility index (Phi) is 3.80. The van der Waals surface area contributed by atoms with Crippen molar-refractivity contribution < 1.29 is 9.53 Å². The Bertz CT molecular complexity index is 1260. The van der Waals surface area contributed by atoms with Gasteiger partial charge in [-0.1, -0.05) is 63.9 Å². The topological polar surface area (TPSA) is 53.9 Å². The van der Waals surface area contributed by atoms with Crippen LogP contribution in [0, 0.1) is 0 Å². The molecule has 30 heavy (non-hydrogen) atoms. The maximum Gasteiger partial charge on any atom is 0.306 e. The van der Waals surface area contributed by atoms with E-state index in [4.69, 9.17) is 21.4 Å². The molecule has 1 N–H and O–H groups in total. The summed E-state index contributed by atoms with van der Waals surface area (Å²) in [6.07, 6.45) is 0.627. The second-order valence-electron chi connectivity index (χ2n) is 7.52. The number of para-hydroxylation sites is 1. The smallest absolute Gasteiger partial charge is 0.306 e. The zero-order valence-electron chi connectivity index (χ0n) is 15.6. The van der Waals surface area contributed by atoms with Crippen LogP contribution in [0.25, 0.3) is 0 Å². The van der Waals surface area contributed by atoms with Gasteiger partial charge in [0.15, 0.2) is 0 Å². The van der Waals surface area contributed by atoms with E-state index in [-0.39, 0.29) is 11.9 Å². The molecule has 148 valence electrons. The Hall–Kier alpha value is -2.83. The maximum absolute atomic E-state index is 13.4. The van der Waals surface area contributed by atoms with Crippen LogP contribution in [0.5, 0.6) is 5.75 Å². The van der Waals surface area contributed by atoms with Gasteiger partial charge in [0, 0.05) is 27.0 Å². The van der Waals surface area contributed by atoms with Crippen LogP contribution < -0.4 is 10.1 Å². The molecule has 7 heteroatoms. The Morgan fingerprint density at radius 2 is 1.93 bits per heavy atom. The fourth-order valence-corrected chi connectivity index (χ4v) is 5.13. The molecule has 3 heterocycles. The SMILES string of the molecule is O=C1Nc2ccc(Br)cc2[C@@]12Oc1ccccc1[C@H]1CC(c3ccccc3Cl)=NN12. The fraction of sp³-hybridized carbons (Fsp3) is 0.130. The molecule has 3 aliphatic rings. The molecule has 0 radical (unpaired) electrons. The largest absolute Gasteiger partial charge is 0.453 e. The summed E-state index contributed by atoms with van der Waals surface area (Å²) in [5.41, 5.74) is 2.80. The van der Waals surface area contributed by atoms with Gasteiger partial charge in [0.1, 0.15) is 5.75 Å². The highest BCUT2D eigenvalue weighted by Crippen LogP contribution is 2.54. The van der Waals surface area contributed by atoms with Gasteiger partial charge in [0.2, 0.25) is 0 Å². The normalized spacial score (nSPS) is 23.4. The quantitative estimate of drug-likeness (QED) is 0.504.